The first-order valence-corrected chi connectivity index (χ1v) is 9.50. The van der Waals surface area contributed by atoms with E-state index in [0.717, 1.165) is 28.6 Å². The lowest BCUT2D eigenvalue weighted by atomic mass is 9.92. The van der Waals surface area contributed by atoms with E-state index in [-0.39, 0.29) is 6.04 Å². The molecule has 2 saturated carbocycles. The van der Waals surface area contributed by atoms with Crippen molar-refractivity contribution in [2.75, 3.05) is 0 Å². The van der Waals surface area contributed by atoms with Gasteiger partial charge < -0.3 is 5.11 Å². The van der Waals surface area contributed by atoms with Gasteiger partial charge in [0, 0.05) is 16.4 Å². The van der Waals surface area contributed by atoms with E-state index in [4.69, 9.17) is 0 Å². The first kappa shape index (κ1) is 17.2. The Morgan fingerprint density at radius 2 is 1.77 bits per heavy atom. The summed E-state index contributed by atoms with van der Waals surface area (Å²) in [5.41, 5.74) is -3.30. The minimum atomic E-state index is -2.00. The molecular weight excluding hydrogens is 400 g/mol. The van der Waals surface area contributed by atoms with Gasteiger partial charge in [0.25, 0.3) is 5.91 Å². The van der Waals surface area contributed by atoms with Gasteiger partial charge in [-0.25, -0.2) is 0 Å². The molecule has 0 spiro atoms. The van der Waals surface area contributed by atoms with Gasteiger partial charge in [0.1, 0.15) is 0 Å². The van der Waals surface area contributed by atoms with Crippen LogP contribution < -0.4 is 0 Å². The third-order valence-electron chi connectivity index (χ3n) is 6.17. The maximum absolute atomic E-state index is 13.2. The highest BCUT2D eigenvalue weighted by Crippen LogP contribution is 2.79. The van der Waals surface area contributed by atoms with E-state index in [9.17, 15) is 24.8 Å². The van der Waals surface area contributed by atoms with Crippen molar-refractivity contribution in [1.82, 2.24) is 4.90 Å². The van der Waals surface area contributed by atoms with E-state index < -0.39 is 34.5 Å². The van der Waals surface area contributed by atoms with Crippen LogP contribution in [-0.4, -0.2) is 33.8 Å². The molecule has 1 heterocycles. The number of carbonyl (C=O) groups excluding carboxylic acids is 2. The highest BCUT2D eigenvalue weighted by molar-refractivity contribution is 9.10. The van der Waals surface area contributed by atoms with E-state index in [2.05, 4.69) is 15.9 Å². The normalized spacial score (nSPS) is 33.7. The fourth-order valence-electron chi connectivity index (χ4n) is 4.94. The van der Waals surface area contributed by atoms with E-state index in [1.165, 1.54) is 0 Å². The second-order valence-corrected chi connectivity index (χ2v) is 8.21. The molecular formula is C19H17BrN2O4. The number of hydrogen-bond acceptors (Lipinski definition) is 4. The van der Waals surface area contributed by atoms with Gasteiger partial charge in [-0.3, -0.25) is 19.3 Å². The zero-order valence-electron chi connectivity index (χ0n) is 13.9. The van der Waals surface area contributed by atoms with Crippen LogP contribution in [0.3, 0.4) is 0 Å². The number of carboxylic acid groups (broad SMARTS) is 1. The van der Waals surface area contributed by atoms with Crippen LogP contribution in [0.2, 0.25) is 0 Å². The molecule has 4 rings (SSSR count). The predicted molar refractivity (Wildman–Crippen MR) is 93.7 cm³/mol. The van der Waals surface area contributed by atoms with Gasteiger partial charge in [-0.05, 0) is 30.5 Å². The highest BCUT2D eigenvalue weighted by Gasteiger charge is 2.95. The maximum Gasteiger partial charge on any atom is 0.322 e. The number of fused-ring (bicyclic) bond motifs is 1. The number of aliphatic carboxylic acids is 1. The quantitative estimate of drug-likeness (QED) is 0.603. The van der Waals surface area contributed by atoms with E-state index in [0.29, 0.717) is 18.4 Å². The van der Waals surface area contributed by atoms with Crippen molar-refractivity contribution < 1.29 is 19.5 Å². The van der Waals surface area contributed by atoms with Gasteiger partial charge in [-0.1, -0.05) is 47.3 Å². The average Bonchev–Trinajstić information content (AvgIpc) is 3.23. The number of nitrogens with zero attached hydrogens (tertiary/aromatic N) is 2. The van der Waals surface area contributed by atoms with Gasteiger partial charge in [0.15, 0.2) is 10.8 Å². The van der Waals surface area contributed by atoms with Gasteiger partial charge in [0.2, 0.25) is 5.91 Å². The molecule has 3 atom stereocenters. The second-order valence-electron chi connectivity index (χ2n) is 7.29. The first-order valence-electron chi connectivity index (χ1n) is 8.71. The van der Waals surface area contributed by atoms with Crippen molar-refractivity contribution in [3.63, 3.8) is 0 Å². The minimum Gasteiger partial charge on any atom is -0.480 e. The molecule has 26 heavy (non-hydrogen) atoms. The topological polar surface area (TPSA) is 98.5 Å². The smallest absolute Gasteiger partial charge is 0.322 e. The molecule has 6 nitrogen and oxygen atoms in total. The molecule has 1 saturated heterocycles. The summed E-state index contributed by atoms with van der Waals surface area (Å²) in [5.74, 6) is -3.67. The Bertz CT molecular complexity index is 855. The Morgan fingerprint density at radius 3 is 2.27 bits per heavy atom. The van der Waals surface area contributed by atoms with E-state index >= 15 is 0 Å². The number of carbonyl (C=O) groups is 3. The number of nitriles is 1. The Balaban J connectivity index is 1.81. The molecule has 7 heteroatoms. The van der Waals surface area contributed by atoms with E-state index in [1.807, 2.05) is 6.07 Å². The Morgan fingerprint density at radius 1 is 1.15 bits per heavy atom. The third-order valence-corrected chi connectivity index (χ3v) is 6.70. The number of hydrogen-bond donors (Lipinski definition) is 1. The fraction of sp³-hybridized carbons (Fsp3) is 0.474. The molecule has 1 N–H and O–H groups in total. The van der Waals surface area contributed by atoms with Crippen molar-refractivity contribution >= 4 is 33.7 Å². The molecule has 2 aliphatic carbocycles. The first-order chi connectivity index (χ1) is 12.4. The summed E-state index contributed by atoms with van der Waals surface area (Å²) in [6.45, 7) is 0. The number of imide groups is 1. The molecule has 3 fully saturated rings. The molecule has 3 aliphatic rings. The van der Waals surface area contributed by atoms with Gasteiger partial charge >= 0.3 is 5.97 Å². The molecule has 0 aromatic heterocycles. The summed E-state index contributed by atoms with van der Waals surface area (Å²) in [6, 6.07) is 8.43. The molecule has 2 amide bonds. The average molecular weight is 417 g/mol. The number of likely N-dealkylation sites (tertiary alicyclic amines) is 1. The van der Waals surface area contributed by atoms with Gasteiger partial charge in [0.05, 0.1) is 6.07 Å². The lowest BCUT2D eigenvalue weighted by Gasteiger charge is -2.32. The number of benzene rings is 1. The summed E-state index contributed by atoms with van der Waals surface area (Å²) in [6.07, 6.45) is 4.20. The maximum atomic E-state index is 13.2. The summed E-state index contributed by atoms with van der Waals surface area (Å²) >= 11 is 3.31. The van der Waals surface area contributed by atoms with Crippen molar-refractivity contribution in [2.24, 2.45) is 10.8 Å². The summed E-state index contributed by atoms with van der Waals surface area (Å²) < 4.78 is 0.795. The summed E-state index contributed by atoms with van der Waals surface area (Å²) in [4.78, 5) is 39.7. The van der Waals surface area contributed by atoms with Crippen LogP contribution in [0.4, 0.5) is 0 Å². The minimum absolute atomic E-state index is 0.288. The number of piperidine rings is 1. The Kier molecular flexibility index (Phi) is 3.74. The number of amides is 2. The molecule has 0 radical (unpaired) electrons. The number of halogens is 1. The monoisotopic (exact) mass is 416 g/mol. The Hall–Kier alpha value is -2.20. The molecule has 1 aromatic carbocycles. The van der Waals surface area contributed by atoms with Crippen molar-refractivity contribution in [2.45, 2.75) is 44.1 Å². The second kappa shape index (κ2) is 5.65. The molecule has 0 bridgehead atoms. The Labute approximate surface area is 158 Å². The standard InChI is InChI=1S/C19H17BrN2O4/c20-12-8-6-11(7-9-12)14-18(10-21)15(23)22(13-4-2-1-3-5-13)16(24)19(14,18)17(25)26/h6-9,13-14H,1-5H2,(H,25,26). The van der Waals surface area contributed by atoms with Crippen LogP contribution in [0.25, 0.3) is 0 Å². The highest BCUT2D eigenvalue weighted by atomic mass is 79.9. The summed E-state index contributed by atoms with van der Waals surface area (Å²) in [5, 5.41) is 19.8. The summed E-state index contributed by atoms with van der Waals surface area (Å²) in [7, 11) is 0. The van der Waals surface area contributed by atoms with Crippen molar-refractivity contribution in [1.29, 1.82) is 5.26 Å². The fourth-order valence-corrected chi connectivity index (χ4v) is 5.21. The van der Waals surface area contributed by atoms with Crippen LogP contribution in [-0.2, 0) is 14.4 Å². The van der Waals surface area contributed by atoms with Crippen molar-refractivity contribution in [3.8, 4) is 6.07 Å². The van der Waals surface area contributed by atoms with Gasteiger partial charge in [-0.2, -0.15) is 5.26 Å². The zero-order valence-corrected chi connectivity index (χ0v) is 15.5. The van der Waals surface area contributed by atoms with Crippen molar-refractivity contribution in [3.05, 3.63) is 34.3 Å². The van der Waals surface area contributed by atoms with Gasteiger partial charge in [-0.15, -0.1) is 0 Å². The molecule has 3 unspecified atom stereocenters. The molecule has 1 aliphatic heterocycles. The van der Waals surface area contributed by atoms with E-state index in [1.54, 1.807) is 24.3 Å². The number of carboxylic acids is 1. The van der Waals surface area contributed by atoms with Crippen LogP contribution in [0, 0.1) is 22.2 Å². The molecule has 1 aromatic rings. The largest absolute Gasteiger partial charge is 0.480 e. The SMILES string of the molecule is N#CC12C(=O)N(C3CCCCC3)C(=O)C1(C(=O)O)C2c1ccc(Br)cc1. The van der Waals surface area contributed by atoms with Crippen LogP contribution in [0.5, 0.6) is 0 Å². The predicted octanol–water partition coefficient (Wildman–Crippen LogP) is 2.83. The van der Waals surface area contributed by atoms with Crippen LogP contribution >= 0.6 is 15.9 Å². The number of rotatable bonds is 3. The lowest BCUT2D eigenvalue weighted by molar-refractivity contribution is -0.153. The van der Waals surface area contributed by atoms with Crippen LogP contribution in [0.1, 0.15) is 43.6 Å². The van der Waals surface area contributed by atoms with Crippen LogP contribution in [0.15, 0.2) is 28.7 Å². The molecule has 134 valence electrons. The lowest BCUT2D eigenvalue weighted by Crippen LogP contribution is -2.47. The third kappa shape index (κ3) is 1.83. The zero-order chi connectivity index (χ0) is 18.7.